The SMILES string of the molecule is CCCC(=O)Nc1ccc(CNC(=NC)N2CCN(c3cnn(C)c3)C(=O)C2)cc1. The molecule has 160 valence electrons. The Bertz CT molecular complexity index is 904. The smallest absolute Gasteiger partial charge is 0.246 e. The molecule has 3 rings (SSSR count). The Labute approximate surface area is 176 Å². The number of carbonyl (C=O) groups excluding carboxylic acids is 2. The maximum atomic E-state index is 12.6. The maximum absolute atomic E-state index is 12.6. The fourth-order valence-corrected chi connectivity index (χ4v) is 3.34. The van der Waals surface area contributed by atoms with Gasteiger partial charge >= 0.3 is 0 Å². The number of carbonyl (C=O) groups is 2. The molecule has 0 atom stereocenters. The van der Waals surface area contributed by atoms with E-state index in [1.54, 1.807) is 22.8 Å². The average molecular weight is 412 g/mol. The molecule has 2 heterocycles. The van der Waals surface area contributed by atoms with Crippen molar-refractivity contribution in [1.29, 1.82) is 0 Å². The zero-order chi connectivity index (χ0) is 21.5. The fourth-order valence-electron chi connectivity index (χ4n) is 3.34. The summed E-state index contributed by atoms with van der Waals surface area (Å²) in [5, 5.41) is 10.3. The van der Waals surface area contributed by atoms with Crippen molar-refractivity contribution in [3.05, 3.63) is 42.2 Å². The summed E-state index contributed by atoms with van der Waals surface area (Å²) in [5.74, 6) is 0.734. The van der Waals surface area contributed by atoms with E-state index in [1.165, 1.54) is 0 Å². The lowest BCUT2D eigenvalue weighted by Crippen LogP contribution is -2.55. The zero-order valence-electron chi connectivity index (χ0n) is 17.8. The molecule has 0 radical (unpaired) electrons. The highest BCUT2D eigenvalue weighted by molar-refractivity contribution is 5.98. The minimum absolute atomic E-state index is 0.0179. The van der Waals surface area contributed by atoms with Crippen molar-refractivity contribution in [2.75, 3.05) is 36.9 Å². The fraction of sp³-hybridized carbons (Fsp3) is 0.429. The van der Waals surface area contributed by atoms with Crippen LogP contribution in [0, 0.1) is 0 Å². The van der Waals surface area contributed by atoms with E-state index < -0.39 is 0 Å². The Morgan fingerprint density at radius 3 is 2.60 bits per heavy atom. The molecule has 1 aliphatic heterocycles. The van der Waals surface area contributed by atoms with Gasteiger partial charge in [-0.1, -0.05) is 19.1 Å². The van der Waals surface area contributed by atoms with Crippen LogP contribution >= 0.6 is 0 Å². The number of rotatable bonds is 6. The molecule has 2 aromatic rings. The van der Waals surface area contributed by atoms with Crippen molar-refractivity contribution in [2.24, 2.45) is 12.0 Å². The van der Waals surface area contributed by atoms with Crippen molar-refractivity contribution < 1.29 is 9.59 Å². The van der Waals surface area contributed by atoms with Gasteiger partial charge in [-0.05, 0) is 24.1 Å². The van der Waals surface area contributed by atoms with Crippen molar-refractivity contribution >= 4 is 29.1 Å². The summed E-state index contributed by atoms with van der Waals surface area (Å²) in [6.45, 7) is 4.08. The van der Waals surface area contributed by atoms with Gasteiger partial charge < -0.3 is 20.4 Å². The lowest BCUT2D eigenvalue weighted by atomic mass is 10.2. The van der Waals surface area contributed by atoms with E-state index in [-0.39, 0.29) is 18.4 Å². The van der Waals surface area contributed by atoms with Gasteiger partial charge in [0.2, 0.25) is 11.8 Å². The number of aliphatic imine (C=N–C) groups is 1. The van der Waals surface area contributed by atoms with Crippen molar-refractivity contribution in [3.8, 4) is 0 Å². The Balaban J connectivity index is 1.52. The van der Waals surface area contributed by atoms with Crippen molar-refractivity contribution in [3.63, 3.8) is 0 Å². The van der Waals surface area contributed by atoms with Crippen molar-refractivity contribution in [2.45, 2.75) is 26.3 Å². The number of amides is 2. The molecule has 0 saturated carbocycles. The average Bonchev–Trinajstić information content (AvgIpc) is 3.16. The summed E-state index contributed by atoms with van der Waals surface area (Å²) >= 11 is 0. The lowest BCUT2D eigenvalue weighted by Gasteiger charge is -2.35. The number of hydrogen-bond donors (Lipinski definition) is 2. The molecule has 0 bridgehead atoms. The van der Waals surface area contributed by atoms with Crippen LogP contribution in [0.5, 0.6) is 0 Å². The molecule has 2 amide bonds. The number of benzene rings is 1. The van der Waals surface area contributed by atoms with Crippen LogP contribution < -0.4 is 15.5 Å². The van der Waals surface area contributed by atoms with Gasteiger partial charge in [-0.2, -0.15) is 5.10 Å². The van der Waals surface area contributed by atoms with Crippen LogP contribution in [0.4, 0.5) is 11.4 Å². The van der Waals surface area contributed by atoms with Gasteiger partial charge in [0.05, 0.1) is 11.9 Å². The number of nitrogens with one attached hydrogen (secondary N) is 2. The second-order valence-electron chi connectivity index (χ2n) is 7.24. The Kier molecular flexibility index (Phi) is 7.05. The normalized spacial score (nSPS) is 14.8. The van der Waals surface area contributed by atoms with Gasteiger partial charge in [0.15, 0.2) is 5.96 Å². The summed E-state index contributed by atoms with van der Waals surface area (Å²) in [6.07, 6.45) is 4.89. The summed E-state index contributed by atoms with van der Waals surface area (Å²) in [4.78, 5) is 32.3. The standard InChI is InChI=1S/C21H29N7O2/c1-4-5-19(29)25-17-8-6-16(7-9-17)12-23-21(22-2)27-10-11-28(20(30)15-27)18-13-24-26(3)14-18/h6-9,13-14H,4-5,10-12,15H2,1-3H3,(H,22,23)(H,25,29). The van der Waals surface area contributed by atoms with Gasteiger partial charge in [0.25, 0.3) is 0 Å². The Morgan fingerprint density at radius 1 is 1.23 bits per heavy atom. The number of hydrogen-bond acceptors (Lipinski definition) is 4. The first-order valence-electron chi connectivity index (χ1n) is 10.1. The number of aromatic nitrogens is 2. The zero-order valence-corrected chi connectivity index (χ0v) is 17.8. The van der Waals surface area contributed by atoms with E-state index in [1.807, 2.05) is 49.3 Å². The van der Waals surface area contributed by atoms with Crippen LogP contribution in [0.3, 0.4) is 0 Å². The van der Waals surface area contributed by atoms with E-state index in [2.05, 4.69) is 20.7 Å². The highest BCUT2D eigenvalue weighted by Crippen LogP contribution is 2.16. The summed E-state index contributed by atoms with van der Waals surface area (Å²) < 4.78 is 1.69. The number of guanidine groups is 1. The molecule has 0 unspecified atom stereocenters. The summed E-state index contributed by atoms with van der Waals surface area (Å²) in [7, 11) is 3.55. The quantitative estimate of drug-likeness (QED) is 0.556. The summed E-state index contributed by atoms with van der Waals surface area (Å²) in [5.41, 5.74) is 2.67. The second kappa shape index (κ2) is 9.91. The molecule has 1 aromatic carbocycles. The molecule has 30 heavy (non-hydrogen) atoms. The van der Waals surface area contributed by atoms with Crippen LogP contribution in [0.1, 0.15) is 25.3 Å². The monoisotopic (exact) mass is 411 g/mol. The van der Waals surface area contributed by atoms with E-state index >= 15 is 0 Å². The number of aryl methyl sites for hydroxylation is 1. The van der Waals surface area contributed by atoms with Crippen LogP contribution in [0.15, 0.2) is 41.7 Å². The Hall–Kier alpha value is -3.36. The first kappa shape index (κ1) is 21.4. The number of piperazine rings is 1. The number of nitrogens with zero attached hydrogens (tertiary/aromatic N) is 5. The third-order valence-corrected chi connectivity index (χ3v) is 4.90. The highest BCUT2D eigenvalue weighted by atomic mass is 16.2. The van der Waals surface area contributed by atoms with E-state index in [0.29, 0.717) is 32.0 Å². The molecule has 9 heteroatoms. The predicted octanol–water partition coefficient (Wildman–Crippen LogP) is 1.58. The van der Waals surface area contributed by atoms with Crippen LogP contribution in [0.25, 0.3) is 0 Å². The predicted molar refractivity (Wildman–Crippen MR) is 117 cm³/mol. The molecular formula is C21H29N7O2. The largest absolute Gasteiger partial charge is 0.352 e. The second-order valence-corrected chi connectivity index (χ2v) is 7.24. The van der Waals surface area contributed by atoms with E-state index in [4.69, 9.17) is 0 Å². The molecule has 0 aliphatic carbocycles. The highest BCUT2D eigenvalue weighted by Gasteiger charge is 2.27. The first-order valence-corrected chi connectivity index (χ1v) is 10.1. The van der Waals surface area contributed by atoms with Gasteiger partial charge in [0, 0.05) is 52.0 Å². The molecule has 2 N–H and O–H groups in total. The molecule has 1 aromatic heterocycles. The van der Waals surface area contributed by atoms with Gasteiger partial charge in [-0.3, -0.25) is 19.3 Å². The van der Waals surface area contributed by atoms with E-state index in [0.717, 1.165) is 23.4 Å². The lowest BCUT2D eigenvalue weighted by molar-refractivity contribution is -0.120. The van der Waals surface area contributed by atoms with Crippen molar-refractivity contribution in [1.82, 2.24) is 20.0 Å². The molecular weight excluding hydrogens is 382 g/mol. The van der Waals surface area contributed by atoms with Crippen LogP contribution in [0.2, 0.25) is 0 Å². The van der Waals surface area contributed by atoms with Gasteiger partial charge in [-0.25, -0.2) is 0 Å². The molecule has 1 fully saturated rings. The Morgan fingerprint density at radius 2 is 2.00 bits per heavy atom. The van der Waals surface area contributed by atoms with E-state index in [9.17, 15) is 9.59 Å². The topological polar surface area (TPSA) is 94.9 Å². The molecule has 0 spiro atoms. The van der Waals surface area contributed by atoms with Gasteiger partial charge in [-0.15, -0.1) is 0 Å². The molecule has 1 saturated heterocycles. The van der Waals surface area contributed by atoms with Gasteiger partial charge in [0.1, 0.15) is 6.54 Å². The molecule has 9 nitrogen and oxygen atoms in total. The third-order valence-electron chi connectivity index (χ3n) is 4.90. The minimum Gasteiger partial charge on any atom is -0.352 e. The first-order chi connectivity index (χ1) is 14.5. The molecule has 1 aliphatic rings. The summed E-state index contributed by atoms with van der Waals surface area (Å²) in [6, 6.07) is 7.72. The maximum Gasteiger partial charge on any atom is 0.246 e. The third kappa shape index (κ3) is 5.37. The number of anilines is 2. The minimum atomic E-state index is 0.0179. The van der Waals surface area contributed by atoms with Crippen LogP contribution in [-0.2, 0) is 23.2 Å². The van der Waals surface area contributed by atoms with Crippen LogP contribution in [-0.4, -0.2) is 59.1 Å².